The fourth-order valence-corrected chi connectivity index (χ4v) is 9.73. The monoisotopic (exact) mass is 773 g/mol. The topological polar surface area (TPSA) is 162 Å². The van der Waals surface area contributed by atoms with Crippen LogP contribution in [0.4, 0.5) is 13.6 Å². The maximum absolute atomic E-state index is 14.5. The van der Waals surface area contributed by atoms with E-state index in [4.69, 9.17) is 4.74 Å². The number of halogens is 2. The Labute approximate surface area is 314 Å². The van der Waals surface area contributed by atoms with E-state index in [9.17, 15) is 41.2 Å². The van der Waals surface area contributed by atoms with Crippen LogP contribution >= 0.6 is 0 Å². The average molecular weight is 774 g/mol. The first-order valence-electron chi connectivity index (χ1n) is 19.3. The highest BCUT2D eigenvalue weighted by molar-refractivity contribution is 7.91. The molecule has 2 saturated carbocycles. The Morgan fingerprint density at radius 3 is 2.52 bits per heavy atom. The van der Waals surface area contributed by atoms with Crippen LogP contribution in [0.2, 0.25) is 0 Å². The summed E-state index contributed by atoms with van der Waals surface area (Å²) in [4.78, 5) is 73.3. The number of sulfonamides is 1. The summed E-state index contributed by atoms with van der Waals surface area (Å²) < 4.78 is 62.3. The van der Waals surface area contributed by atoms with E-state index in [0.29, 0.717) is 51.6 Å². The zero-order valence-corrected chi connectivity index (χ0v) is 31.2. The lowest BCUT2D eigenvalue weighted by atomic mass is 9.94. The fraction of sp³-hybridized carbons (Fsp3) is 0.658. The number of nitrogens with zero attached hydrogens (tertiary/aromatic N) is 3. The van der Waals surface area contributed by atoms with Crippen molar-refractivity contribution in [3.63, 3.8) is 0 Å². The highest BCUT2D eigenvalue weighted by Crippen LogP contribution is 2.46. The number of carbonyl (C=O) groups excluding carboxylic acids is 5. The molecule has 4 heterocycles. The molecule has 6 aliphatic rings. The molecule has 13 nitrogen and oxygen atoms in total. The van der Waals surface area contributed by atoms with E-state index < -0.39 is 87.0 Å². The number of hydrogen-bond donors (Lipinski definition) is 2. The first kappa shape index (κ1) is 38.2. The molecule has 4 fully saturated rings. The number of amides is 5. The number of rotatable bonds is 6. The van der Waals surface area contributed by atoms with Crippen LogP contribution in [-0.4, -0.2) is 108 Å². The summed E-state index contributed by atoms with van der Waals surface area (Å²) >= 11 is 0. The van der Waals surface area contributed by atoms with Gasteiger partial charge in [0.25, 0.3) is 11.8 Å². The van der Waals surface area contributed by atoms with Gasteiger partial charge in [0.1, 0.15) is 17.7 Å². The van der Waals surface area contributed by atoms with Gasteiger partial charge in [-0.25, -0.2) is 22.0 Å². The molecule has 5 amide bonds. The zero-order chi connectivity index (χ0) is 38.3. The second kappa shape index (κ2) is 15.2. The lowest BCUT2D eigenvalue weighted by Gasteiger charge is -2.34. The molecule has 1 aromatic carbocycles. The Balaban J connectivity index is 1.13. The number of ether oxygens (including phenoxy) is 1. The molecule has 294 valence electrons. The van der Waals surface area contributed by atoms with Gasteiger partial charge in [-0.1, -0.05) is 49.3 Å². The molecule has 54 heavy (non-hydrogen) atoms. The summed E-state index contributed by atoms with van der Waals surface area (Å²) in [6.45, 7) is 0.0550. The van der Waals surface area contributed by atoms with Crippen LogP contribution in [0, 0.1) is 11.8 Å². The van der Waals surface area contributed by atoms with Gasteiger partial charge in [0.15, 0.2) is 0 Å². The third kappa shape index (κ3) is 8.42. The predicted molar refractivity (Wildman–Crippen MR) is 191 cm³/mol. The van der Waals surface area contributed by atoms with Crippen molar-refractivity contribution in [1.82, 2.24) is 24.7 Å². The molecular formula is C38H49F2N5O8S. The second-order valence-electron chi connectivity index (χ2n) is 15.9. The number of piperidine rings is 1. The number of carbonyl (C=O) groups is 5. The van der Waals surface area contributed by atoms with Gasteiger partial charge >= 0.3 is 6.09 Å². The van der Waals surface area contributed by atoms with E-state index in [-0.39, 0.29) is 51.6 Å². The van der Waals surface area contributed by atoms with Gasteiger partial charge in [-0.3, -0.25) is 23.9 Å². The number of allylic oxidation sites excluding steroid dienone is 1. The standard InChI is InChI=1S/C38H49F2N5O8S/c39-37(40)16-8-17-44(24-37)32(46)19-26-10-4-2-1-3-5-12-28-21-38(28,35(49)42-54(51,52)30-13-14-30)41-33(47)31-20-29(23-45(31)34(26)48)53-36(50)43-18-15-25-9-6-7-11-27(25)22-43/h5-7,9,11-12,26,28-31H,1-4,8,10,13-24H2,(H,41,47)(H,42,49)/b12-5-/t26-,28?,29-,31+,38-/m1/s1. The molecule has 2 saturated heterocycles. The summed E-state index contributed by atoms with van der Waals surface area (Å²) in [6.07, 6.45) is 6.28. The van der Waals surface area contributed by atoms with E-state index in [1.165, 1.54) is 4.90 Å². The molecule has 7 rings (SSSR count). The van der Waals surface area contributed by atoms with Gasteiger partial charge in [0.2, 0.25) is 27.7 Å². The Kier molecular flexibility index (Phi) is 10.8. The normalized spacial score (nSPS) is 30.7. The predicted octanol–water partition coefficient (Wildman–Crippen LogP) is 3.42. The van der Waals surface area contributed by atoms with Crippen molar-refractivity contribution < 1.29 is 45.9 Å². The Bertz CT molecular complexity index is 1800. The van der Waals surface area contributed by atoms with Crippen LogP contribution in [0.5, 0.6) is 0 Å². The maximum Gasteiger partial charge on any atom is 0.410 e. The molecular weight excluding hydrogens is 725 g/mol. The van der Waals surface area contributed by atoms with Crippen molar-refractivity contribution in [1.29, 1.82) is 0 Å². The quantitative estimate of drug-likeness (QED) is 0.416. The zero-order valence-electron chi connectivity index (χ0n) is 30.4. The lowest BCUT2D eigenvalue weighted by Crippen LogP contribution is -2.57. The molecule has 1 aromatic rings. The Morgan fingerprint density at radius 2 is 1.76 bits per heavy atom. The number of likely N-dealkylation sites (tertiary alicyclic amines) is 1. The van der Waals surface area contributed by atoms with Gasteiger partial charge < -0.3 is 24.8 Å². The third-order valence-corrected chi connectivity index (χ3v) is 13.6. The van der Waals surface area contributed by atoms with Crippen molar-refractivity contribution in [3.8, 4) is 0 Å². The van der Waals surface area contributed by atoms with Gasteiger partial charge in [-0.15, -0.1) is 0 Å². The van der Waals surface area contributed by atoms with Crippen LogP contribution < -0.4 is 10.0 Å². The summed E-state index contributed by atoms with van der Waals surface area (Å²) in [5.41, 5.74) is 0.573. The number of alkyl halides is 2. The Hall–Kier alpha value is -4.08. The first-order valence-corrected chi connectivity index (χ1v) is 20.8. The van der Waals surface area contributed by atoms with Crippen molar-refractivity contribution in [3.05, 3.63) is 47.5 Å². The van der Waals surface area contributed by atoms with Crippen molar-refractivity contribution >= 4 is 39.7 Å². The van der Waals surface area contributed by atoms with Crippen molar-refractivity contribution in [2.45, 2.75) is 119 Å². The minimum atomic E-state index is -3.93. The summed E-state index contributed by atoms with van der Waals surface area (Å²) in [7, 11) is -3.93. The van der Waals surface area contributed by atoms with Crippen LogP contribution in [0.25, 0.3) is 0 Å². The van der Waals surface area contributed by atoms with E-state index in [2.05, 4.69) is 10.0 Å². The minimum Gasteiger partial charge on any atom is -0.444 e. The number of hydrogen-bond acceptors (Lipinski definition) is 8. The van der Waals surface area contributed by atoms with E-state index in [0.717, 1.165) is 22.4 Å². The average Bonchev–Trinajstić information content (AvgIpc) is 4.06. The van der Waals surface area contributed by atoms with Crippen molar-refractivity contribution in [2.24, 2.45) is 11.8 Å². The largest absolute Gasteiger partial charge is 0.444 e. The molecule has 0 bridgehead atoms. The summed E-state index contributed by atoms with van der Waals surface area (Å²) in [6, 6.07) is 6.58. The minimum absolute atomic E-state index is 0.0919. The second-order valence-corrected chi connectivity index (χ2v) is 17.8. The maximum atomic E-state index is 14.5. The van der Waals surface area contributed by atoms with Crippen LogP contribution in [0.15, 0.2) is 36.4 Å². The van der Waals surface area contributed by atoms with Gasteiger partial charge in [0.05, 0.1) is 18.3 Å². The third-order valence-electron chi connectivity index (χ3n) is 11.8. The molecule has 0 aromatic heterocycles. The van der Waals surface area contributed by atoms with Crippen LogP contribution in [0.3, 0.4) is 0 Å². The molecule has 2 N–H and O–H groups in total. The van der Waals surface area contributed by atoms with Gasteiger partial charge in [-0.05, 0) is 62.5 Å². The number of fused-ring (bicyclic) bond motifs is 3. The molecule has 16 heteroatoms. The highest BCUT2D eigenvalue weighted by atomic mass is 32.2. The number of benzene rings is 1. The Morgan fingerprint density at radius 1 is 0.981 bits per heavy atom. The van der Waals surface area contributed by atoms with E-state index in [1.54, 1.807) is 4.90 Å². The molecule has 5 atom stereocenters. The molecule has 2 aliphatic carbocycles. The fourth-order valence-electron chi connectivity index (χ4n) is 8.37. The lowest BCUT2D eigenvalue weighted by molar-refractivity contribution is -0.148. The molecule has 4 aliphatic heterocycles. The van der Waals surface area contributed by atoms with E-state index >= 15 is 0 Å². The summed E-state index contributed by atoms with van der Waals surface area (Å²) in [5.74, 6) is -7.06. The van der Waals surface area contributed by atoms with Gasteiger partial charge in [-0.2, -0.15) is 0 Å². The molecule has 1 unspecified atom stereocenters. The van der Waals surface area contributed by atoms with E-state index in [1.807, 2.05) is 36.4 Å². The van der Waals surface area contributed by atoms with Crippen LogP contribution in [-0.2, 0) is 46.9 Å². The first-order chi connectivity index (χ1) is 25.7. The molecule has 0 radical (unpaired) electrons. The number of nitrogens with one attached hydrogen (secondary N) is 2. The van der Waals surface area contributed by atoms with Crippen LogP contribution in [0.1, 0.15) is 88.2 Å². The van der Waals surface area contributed by atoms with Gasteiger partial charge in [0, 0.05) is 50.7 Å². The highest BCUT2D eigenvalue weighted by Gasteiger charge is 2.62. The van der Waals surface area contributed by atoms with Crippen molar-refractivity contribution in [2.75, 3.05) is 26.2 Å². The molecule has 0 spiro atoms. The smallest absolute Gasteiger partial charge is 0.410 e. The SMILES string of the molecule is O=C1N[C@]2(C(=O)NS(=O)(=O)C3CC3)CC2/C=C\CCCCC[C@H](CC(=O)N2CCCC(F)(F)C2)C(=O)N2C[C@H](OC(=O)N3CCc4ccccc4C3)C[C@@H]12. The summed E-state index contributed by atoms with van der Waals surface area (Å²) in [5, 5.41) is 2.14.